The van der Waals surface area contributed by atoms with Crippen molar-refractivity contribution >= 4 is 7.26 Å². The van der Waals surface area contributed by atoms with Crippen LogP contribution >= 0.6 is 7.26 Å². The van der Waals surface area contributed by atoms with E-state index in [2.05, 4.69) is 27.7 Å². The average molecular weight is 317 g/mol. The Kier molecular flexibility index (Phi) is 15.6. The van der Waals surface area contributed by atoms with Gasteiger partial charge in [-0.05, 0) is 0 Å². The first-order valence-corrected chi connectivity index (χ1v) is 13.1. The summed E-state index contributed by atoms with van der Waals surface area (Å²) in [4.78, 5) is 0. The molecule has 0 aliphatic heterocycles. The van der Waals surface area contributed by atoms with E-state index in [0.717, 1.165) is 0 Å². The van der Waals surface area contributed by atoms with Gasteiger partial charge in [0.25, 0.3) is 0 Å². The first kappa shape index (κ1) is 21.4. The molecule has 0 unspecified atom stereocenters. The van der Waals surface area contributed by atoms with Crippen LogP contribution < -0.4 is 0 Å². The Morgan fingerprint density at radius 2 is 0.762 bits per heavy atom. The molecule has 0 amide bonds. The van der Waals surface area contributed by atoms with Gasteiger partial charge in [-0.1, -0.05) is 0 Å². The molecule has 0 N–H and O–H groups in total. The van der Waals surface area contributed by atoms with Crippen molar-refractivity contribution in [2.24, 2.45) is 0 Å². The van der Waals surface area contributed by atoms with E-state index in [1.807, 2.05) is 0 Å². The quantitative estimate of drug-likeness (QED) is 0.204. The van der Waals surface area contributed by atoms with E-state index in [9.17, 15) is 0 Å². The number of rotatable bonds is 16. The van der Waals surface area contributed by atoms with E-state index < -0.39 is 7.26 Å². The molecular weight excluding hydrogens is 271 g/mol. The van der Waals surface area contributed by atoms with Gasteiger partial charge in [-0.3, -0.25) is 0 Å². The Morgan fingerprint density at radius 1 is 0.381 bits per heavy atom. The topological polar surface area (TPSA) is 0 Å². The molecule has 0 saturated carbocycles. The van der Waals surface area contributed by atoms with Crippen LogP contribution in [-0.4, -0.2) is 24.6 Å². The Hall–Kier alpha value is 0.430. The fraction of sp³-hybridized carbons (Fsp3) is 1.00. The molecule has 0 radical (unpaired) electrons. The van der Waals surface area contributed by atoms with Crippen LogP contribution in [0.3, 0.4) is 0 Å². The van der Waals surface area contributed by atoms with E-state index in [-0.39, 0.29) is 0 Å². The second-order valence-corrected chi connectivity index (χ2v) is 12.3. The summed E-state index contributed by atoms with van der Waals surface area (Å²) in [5.41, 5.74) is 0. The summed E-state index contributed by atoms with van der Waals surface area (Å²) in [6, 6.07) is 0. The molecule has 0 rings (SSSR count). The van der Waals surface area contributed by atoms with Crippen LogP contribution in [0.25, 0.3) is 0 Å². The maximum absolute atomic E-state index is 2.42. The van der Waals surface area contributed by atoms with Gasteiger partial charge in [0.15, 0.2) is 0 Å². The first-order chi connectivity index (χ1) is 10.2. The molecule has 0 nitrogen and oxygen atoms in total. The molecule has 0 aliphatic rings. The van der Waals surface area contributed by atoms with Gasteiger partial charge in [0, 0.05) is 0 Å². The predicted octanol–water partition coefficient (Wildman–Crippen LogP) is 7.50. The zero-order chi connectivity index (χ0) is 15.8. The normalized spacial score (nSPS) is 12.8. The predicted molar refractivity (Wildman–Crippen MR) is 106 cm³/mol. The summed E-state index contributed by atoms with van der Waals surface area (Å²) in [6.07, 6.45) is 24.1. The monoisotopic (exact) mass is 316 g/mol. The van der Waals surface area contributed by atoms with Gasteiger partial charge in [-0.15, -0.1) is 0 Å². The molecule has 0 bridgehead atoms. The SMILES string of the molecule is CCCCCCCC[PH](CCC)(CCC)CCCCCC. The Balaban J connectivity index is 4.14. The molecule has 0 aromatic carbocycles. The fourth-order valence-electron chi connectivity index (χ4n) is 4.02. The molecule has 0 fully saturated rings. The van der Waals surface area contributed by atoms with Crippen molar-refractivity contribution in [3.05, 3.63) is 0 Å². The van der Waals surface area contributed by atoms with Crippen molar-refractivity contribution in [3.8, 4) is 0 Å². The zero-order valence-electron chi connectivity index (χ0n) is 15.8. The van der Waals surface area contributed by atoms with E-state index in [1.54, 1.807) is 31.1 Å². The van der Waals surface area contributed by atoms with Crippen LogP contribution in [-0.2, 0) is 0 Å². The summed E-state index contributed by atoms with van der Waals surface area (Å²) < 4.78 is 0. The van der Waals surface area contributed by atoms with Crippen molar-refractivity contribution in [3.63, 3.8) is 0 Å². The van der Waals surface area contributed by atoms with Crippen molar-refractivity contribution in [2.45, 2.75) is 105 Å². The number of unbranched alkanes of at least 4 members (excludes halogenated alkanes) is 8. The van der Waals surface area contributed by atoms with Crippen molar-refractivity contribution in [1.29, 1.82) is 0 Å². The fourth-order valence-corrected chi connectivity index (χ4v) is 9.64. The first-order valence-electron chi connectivity index (χ1n) is 10.2. The minimum atomic E-state index is -0.914. The summed E-state index contributed by atoms with van der Waals surface area (Å²) in [5, 5.41) is 0. The van der Waals surface area contributed by atoms with Gasteiger partial charge in [-0.25, -0.2) is 0 Å². The van der Waals surface area contributed by atoms with Crippen LogP contribution in [0.15, 0.2) is 0 Å². The zero-order valence-corrected chi connectivity index (χ0v) is 16.8. The van der Waals surface area contributed by atoms with E-state index in [0.29, 0.717) is 0 Å². The molecule has 0 aromatic rings. The van der Waals surface area contributed by atoms with Gasteiger partial charge in [-0.2, -0.15) is 0 Å². The van der Waals surface area contributed by atoms with Gasteiger partial charge < -0.3 is 0 Å². The van der Waals surface area contributed by atoms with E-state index in [1.165, 1.54) is 70.6 Å². The van der Waals surface area contributed by atoms with Gasteiger partial charge in [0.05, 0.1) is 0 Å². The Labute approximate surface area is 137 Å². The second-order valence-electron chi connectivity index (χ2n) is 7.33. The van der Waals surface area contributed by atoms with E-state index in [4.69, 9.17) is 0 Å². The Morgan fingerprint density at radius 3 is 1.19 bits per heavy atom. The molecule has 130 valence electrons. The molecule has 1 heteroatoms. The number of hydrogen-bond donors (Lipinski definition) is 0. The summed E-state index contributed by atoms with van der Waals surface area (Å²) in [7, 11) is -0.914. The van der Waals surface area contributed by atoms with Crippen LogP contribution in [0.1, 0.15) is 105 Å². The third kappa shape index (κ3) is 11.6. The molecule has 0 aromatic heterocycles. The molecule has 0 spiro atoms. The second kappa shape index (κ2) is 15.3. The third-order valence-electron chi connectivity index (χ3n) is 5.18. The van der Waals surface area contributed by atoms with Crippen LogP contribution in [0.5, 0.6) is 0 Å². The van der Waals surface area contributed by atoms with Gasteiger partial charge >= 0.3 is 137 Å². The summed E-state index contributed by atoms with van der Waals surface area (Å²) in [6.45, 7) is 9.49. The molecule has 0 heterocycles. The van der Waals surface area contributed by atoms with Crippen molar-refractivity contribution in [1.82, 2.24) is 0 Å². The van der Waals surface area contributed by atoms with Gasteiger partial charge in [0.2, 0.25) is 0 Å². The average Bonchev–Trinajstić information content (AvgIpc) is 2.48. The van der Waals surface area contributed by atoms with E-state index >= 15 is 0 Å². The number of hydrogen-bond acceptors (Lipinski definition) is 0. The third-order valence-corrected chi connectivity index (χ3v) is 11.1. The van der Waals surface area contributed by atoms with Crippen LogP contribution in [0, 0.1) is 0 Å². The maximum atomic E-state index is 2.42. The summed E-state index contributed by atoms with van der Waals surface area (Å²) in [5.74, 6) is 0. The van der Waals surface area contributed by atoms with Crippen LogP contribution in [0.2, 0.25) is 0 Å². The molecule has 0 atom stereocenters. The summed E-state index contributed by atoms with van der Waals surface area (Å²) >= 11 is 0. The van der Waals surface area contributed by atoms with Crippen molar-refractivity contribution in [2.75, 3.05) is 24.6 Å². The molecule has 0 aliphatic carbocycles. The van der Waals surface area contributed by atoms with Gasteiger partial charge in [0.1, 0.15) is 0 Å². The molecular formula is C20H45P. The van der Waals surface area contributed by atoms with Crippen molar-refractivity contribution < 1.29 is 0 Å². The van der Waals surface area contributed by atoms with Crippen LogP contribution in [0.4, 0.5) is 0 Å². The minimum absolute atomic E-state index is 0.914. The standard InChI is InChI=1S/C20H45P/c1-5-9-11-13-14-16-20-21(17-7-3,18-8-4)19-15-12-10-6-2/h21H,5-20H2,1-4H3. The molecule has 21 heavy (non-hydrogen) atoms. The Bertz CT molecular complexity index is 194. The molecule has 0 saturated heterocycles.